The van der Waals surface area contributed by atoms with E-state index in [0.717, 1.165) is 17.8 Å². The fourth-order valence-corrected chi connectivity index (χ4v) is 1.64. The van der Waals surface area contributed by atoms with Crippen LogP contribution in [-0.2, 0) is 6.42 Å². The Bertz CT molecular complexity index is 485. The van der Waals surface area contributed by atoms with E-state index in [1.54, 1.807) is 13.1 Å². The van der Waals surface area contributed by atoms with Gasteiger partial charge in [0.25, 0.3) is 0 Å². The topological polar surface area (TPSA) is 34.4 Å². The molecule has 0 saturated carbocycles. The minimum absolute atomic E-state index is 0.0725. The molecule has 0 aliphatic carbocycles. The predicted molar refractivity (Wildman–Crippen MR) is 54.6 cm³/mol. The summed E-state index contributed by atoms with van der Waals surface area (Å²) in [5.41, 5.74) is 1.69. The van der Waals surface area contributed by atoms with Crippen molar-refractivity contribution in [2.75, 3.05) is 0 Å². The molecule has 0 aliphatic heterocycles. The molecule has 0 spiro atoms. The third-order valence-corrected chi connectivity index (χ3v) is 2.30. The number of imidazole rings is 1. The van der Waals surface area contributed by atoms with E-state index in [2.05, 4.69) is 4.98 Å². The SMILES string of the molecule is CCc1ncc2cccc(C(C)=O)n12. The van der Waals surface area contributed by atoms with Crippen molar-refractivity contribution in [3.05, 3.63) is 35.9 Å². The Morgan fingerprint density at radius 3 is 2.93 bits per heavy atom. The second kappa shape index (κ2) is 3.25. The fourth-order valence-electron chi connectivity index (χ4n) is 1.64. The summed E-state index contributed by atoms with van der Waals surface area (Å²) in [6, 6.07) is 5.67. The Kier molecular flexibility index (Phi) is 2.08. The zero-order valence-electron chi connectivity index (χ0n) is 8.32. The highest BCUT2D eigenvalue weighted by molar-refractivity contribution is 5.93. The van der Waals surface area contributed by atoms with E-state index in [0.29, 0.717) is 5.69 Å². The summed E-state index contributed by atoms with van der Waals surface area (Å²) in [4.78, 5) is 15.6. The first-order valence-corrected chi connectivity index (χ1v) is 4.70. The van der Waals surface area contributed by atoms with Crippen LogP contribution in [0.1, 0.15) is 30.2 Å². The van der Waals surface area contributed by atoms with E-state index >= 15 is 0 Å². The van der Waals surface area contributed by atoms with Crippen LogP contribution in [0.15, 0.2) is 24.4 Å². The van der Waals surface area contributed by atoms with Gasteiger partial charge in [-0.3, -0.25) is 9.20 Å². The molecule has 0 saturated heterocycles. The highest BCUT2D eigenvalue weighted by Crippen LogP contribution is 2.11. The summed E-state index contributed by atoms with van der Waals surface area (Å²) in [5.74, 6) is 1.01. The third kappa shape index (κ3) is 1.21. The summed E-state index contributed by atoms with van der Waals surface area (Å²) in [6.45, 7) is 3.61. The van der Waals surface area contributed by atoms with Crippen molar-refractivity contribution in [3.8, 4) is 0 Å². The van der Waals surface area contributed by atoms with E-state index < -0.39 is 0 Å². The van der Waals surface area contributed by atoms with Crippen molar-refractivity contribution < 1.29 is 4.79 Å². The van der Waals surface area contributed by atoms with E-state index in [9.17, 15) is 4.79 Å². The smallest absolute Gasteiger partial charge is 0.176 e. The van der Waals surface area contributed by atoms with Gasteiger partial charge in [-0.1, -0.05) is 13.0 Å². The molecular formula is C11H12N2O. The Morgan fingerprint density at radius 1 is 1.50 bits per heavy atom. The van der Waals surface area contributed by atoms with E-state index in [1.165, 1.54) is 0 Å². The second-order valence-electron chi connectivity index (χ2n) is 3.26. The molecule has 72 valence electrons. The number of Topliss-reactive ketones (excluding diaryl/α,β-unsaturated/α-hetero) is 1. The van der Waals surface area contributed by atoms with Crippen LogP contribution in [0.3, 0.4) is 0 Å². The Labute approximate surface area is 82.4 Å². The van der Waals surface area contributed by atoms with E-state index in [-0.39, 0.29) is 5.78 Å². The molecule has 14 heavy (non-hydrogen) atoms. The zero-order chi connectivity index (χ0) is 10.1. The largest absolute Gasteiger partial charge is 0.293 e. The molecule has 2 heterocycles. The molecule has 2 aromatic heterocycles. The Hall–Kier alpha value is -1.64. The van der Waals surface area contributed by atoms with Crippen molar-refractivity contribution in [2.45, 2.75) is 20.3 Å². The lowest BCUT2D eigenvalue weighted by Gasteiger charge is -2.03. The number of aryl methyl sites for hydroxylation is 1. The molecule has 0 aromatic carbocycles. The van der Waals surface area contributed by atoms with Gasteiger partial charge in [-0.25, -0.2) is 4.98 Å². The maximum Gasteiger partial charge on any atom is 0.176 e. The van der Waals surface area contributed by atoms with Crippen LogP contribution in [-0.4, -0.2) is 15.2 Å². The van der Waals surface area contributed by atoms with Gasteiger partial charge in [0.1, 0.15) is 5.82 Å². The molecule has 0 N–H and O–H groups in total. The standard InChI is InChI=1S/C11H12N2O/c1-3-11-12-7-9-5-4-6-10(8(2)14)13(9)11/h4-7H,3H2,1-2H3. The minimum Gasteiger partial charge on any atom is -0.293 e. The number of hydrogen-bond donors (Lipinski definition) is 0. The molecule has 2 rings (SSSR count). The average molecular weight is 188 g/mol. The van der Waals surface area contributed by atoms with Crippen LogP contribution in [0.2, 0.25) is 0 Å². The molecule has 0 aliphatic rings. The number of nitrogens with zero attached hydrogens (tertiary/aromatic N) is 2. The third-order valence-electron chi connectivity index (χ3n) is 2.30. The quantitative estimate of drug-likeness (QED) is 0.676. The number of hydrogen-bond acceptors (Lipinski definition) is 2. The van der Waals surface area contributed by atoms with Gasteiger partial charge >= 0.3 is 0 Å². The number of aromatic nitrogens is 2. The van der Waals surface area contributed by atoms with Gasteiger partial charge in [0.2, 0.25) is 0 Å². The number of pyridine rings is 1. The average Bonchev–Trinajstić information content (AvgIpc) is 2.59. The number of ketones is 1. The maximum atomic E-state index is 11.4. The van der Waals surface area contributed by atoms with Crippen LogP contribution >= 0.6 is 0 Å². The molecule has 0 amide bonds. The maximum absolute atomic E-state index is 11.4. The summed E-state index contributed by atoms with van der Waals surface area (Å²) in [6.07, 6.45) is 2.63. The predicted octanol–water partition coefficient (Wildman–Crippen LogP) is 2.10. The molecule has 0 fully saturated rings. The van der Waals surface area contributed by atoms with Crippen molar-refractivity contribution in [2.24, 2.45) is 0 Å². The number of rotatable bonds is 2. The zero-order valence-corrected chi connectivity index (χ0v) is 8.32. The molecule has 3 heteroatoms. The summed E-state index contributed by atoms with van der Waals surface area (Å²) in [5, 5.41) is 0. The van der Waals surface area contributed by atoms with Gasteiger partial charge < -0.3 is 0 Å². The highest BCUT2D eigenvalue weighted by Gasteiger charge is 2.08. The molecule has 2 aromatic rings. The lowest BCUT2D eigenvalue weighted by molar-refractivity contribution is 0.101. The number of carbonyl (C=O) groups is 1. The molecule has 0 bridgehead atoms. The van der Waals surface area contributed by atoms with E-state index in [4.69, 9.17) is 0 Å². The Balaban J connectivity index is 2.81. The van der Waals surface area contributed by atoms with Gasteiger partial charge in [-0.2, -0.15) is 0 Å². The first-order chi connectivity index (χ1) is 6.74. The first-order valence-electron chi connectivity index (χ1n) is 4.70. The number of carbonyl (C=O) groups excluding carboxylic acids is 1. The Morgan fingerprint density at radius 2 is 2.29 bits per heavy atom. The molecule has 0 radical (unpaired) electrons. The summed E-state index contributed by atoms with van der Waals surface area (Å²) in [7, 11) is 0. The lowest BCUT2D eigenvalue weighted by Crippen LogP contribution is -2.04. The molecule has 3 nitrogen and oxygen atoms in total. The van der Waals surface area contributed by atoms with Crippen molar-refractivity contribution in [1.29, 1.82) is 0 Å². The first kappa shape index (κ1) is 8.94. The van der Waals surface area contributed by atoms with Crippen LogP contribution < -0.4 is 0 Å². The normalized spacial score (nSPS) is 10.7. The van der Waals surface area contributed by atoms with Gasteiger partial charge in [0.15, 0.2) is 5.78 Å². The molecular weight excluding hydrogens is 176 g/mol. The van der Waals surface area contributed by atoms with Crippen molar-refractivity contribution >= 4 is 11.3 Å². The lowest BCUT2D eigenvalue weighted by atomic mass is 10.2. The summed E-state index contributed by atoms with van der Waals surface area (Å²) < 4.78 is 1.92. The van der Waals surface area contributed by atoms with Gasteiger partial charge in [0, 0.05) is 13.3 Å². The minimum atomic E-state index is 0.0725. The van der Waals surface area contributed by atoms with Gasteiger partial charge in [-0.05, 0) is 12.1 Å². The van der Waals surface area contributed by atoms with Gasteiger partial charge in [-0.15, -0.1) is 0 Å². The molecule has 0 atom stereocenters. The van der Waals surface area contributed by atoms with Crippen molar-refractivity contribution in [3.63, 3.8) is 0 Å². The number of fused-ring (bicyclic) bond motifs is 1. The fraction of sp³-hybridized carbons (Fsp3) is 0.273. The highest BCUT2D eigenvalue weighted by atomic mass is 16.1. The van der Waals surface area contributed by atoms with Crippen LogP contribution in [0.5, 0.6) is 0 Å². The van der Waals surface area contributed by atoms with Crippen LogP contribution in [0.25, 0.3) is 5.52 Å². The monoisotopic (exact) mass is 188 g/mol. The second-order valence-corrected chi connectivity index (χ2v) is 3.26. The van der Waals surface area contributed by atoms with Gasteiger partial charge in [0.05, 0.1) is 17.4 Å². The van der Waals surface area contributed by atoms with Crippen molar-refractivity contribution in [1.82, 2.24) is 9.38 Å². The van der Waals surface area contributed by atoms with E-state index in [1.807, 2.05) is 29.5 Å². The van der Waals surface area contributed by atoms with Crippen LogP contribution in [0, 0.1) is 0 Å². The van der Waals surface area contributed by atoms with Crippen LogP contribution in [0.4, 0.5) is 0 Å². The summed E-state index contributed by atoms with van der Waals surface area (Å²) >= 11 is 0. The molecule has 0 unspecified atom stereocenters.